The van der Waals surface area contributed by atoms with Crippen LogP contribution in [-0.4, -0.2) is 30.1 Å². The molecule has 2 N–H and O–H groups in total. The summed E-state index contributed by atoms with van der Waals surface area (Å²) in [6.07, 6.45) is 5.50. The van der Waals surface area contributed by atoms with Gasteiger partial charge in [-0.1, -0.05) is 12.2 Å². The van der Waals surface area contributed by atoms with Crippen molar-refractivity contribution in [2.45, 2.75) is 26.7 Å². The summed E-state index contributed by atoms with van der Waals surface area (Å²) in [4.78, 5) is 37.6. The Morgan fingerprint density at radius 1 is 1.16 bits per heavy atom. The van der Waals surface area contributed by atoms with Gasteiger partial charge in [0, 0.05) is 4.88 Å². The van der Waals surface area contributed by atoms with E-state index < -0.39 is 23.8 Å². The highest BCUT2D eigenvalue weighted by molar-refractivity contribution is 7.16. The van der Waals surface area contributed by atoms with Gasteiger partial charge in [-0.05, 0) is 44.1 Å². The normalized spacial score (nSPS) is 27.2. The van der Waals surface area contributed by atoms with E-state index in [4.69, 9.17) is 4.74 Å². The first-order valence-electron chi connectivity index (χ1n) is 8.25. The van der Waals surface area contributed by atoms with Gasteiger partial charge in [0.1, 0.15) is 5.00 Å². The first kappa shape index (κ1) is 17.7. The number of esters is 1. The molecule has 1 aromatic rings. The molecule has 4 atom stereocenters. The summed E-state index contributed by atoms with van der Waals surface area (Å²) in [5, 5.41) is 12.8. The summed E-state index contributed by atoms with van der Waals surface area (Å²) >= 11 is 1.31. The Morgan fingerprint density at radius 3 is 2.28 bits per heavy atom. The van der Waals surface area contributed by atoms with E-state index >= 15 is 0 Å². The third-order valence-electron chi connectivity index (χ3n) is 5.35. The summed E-state index contributed by atoms with van der Waals surface area (Å²) in [6.45, 7) is 3.67. The molecule has 1 amide bonds. The predicted octanol–water partition coefficient (Wildman–Crippen LogP) is 3.00. The van der Waals surface area contributed by atoms with Crippen LogP contribution in [0.15, 0.2) is 12.2 Å². The minimum absolute atomic E-state index is 0.0742. The molecule has 1 aromatic heterocycles. The number of amides is 1. The molecule has 0 aliphatic heterocycles. The van der Waals surface area contributed by atoms with Crippen LogP contribution < -0.4 is 5.32 Å². The van der Waals surface area contributed by atoms with Gasteiger partial charge < -0.3 is 15.2 Å². The number of carbonyl (C=O) groups excluding carboxylic acids is 2. The Balaban J connectivity index is 1.90. The second kappa shape index (κ2) is 6.63. The third-order valence-corrected chi connectivity index (χ3v) is 6.47. The Bertz CT molecular complexity index is 766. The first-order chi connectivity index (χ1) is 11.8. The number of carboxylic acids is 1. The zero-order valence-corrected chi connectivity index (χ0v) is 15.2. The van der Waals surface area contributed by atoms with Crippen LogP contribution in [0.4, 0.5) is 5.00 Å². The number of aliphatic carboxylic acids is 1. The fourth-order valence-electron chi connectivity index (χ4n) is 3.95. The molecule has 134 valence electrons. The van der Waals surface area contributed by atoms with Gasteiger partial charge in [0.2, 0.25) is 5.91 Å². The van der Waals surface area contributed by atoms with Gasteiger partial charge in [-0.25, -0.2) is 4.79 Å². The lowest BCUT2D eigenvalue weighted by molar-refractivity contribution is -0.151. The molecular weight excluding hydrogens is 342 g/mol. The van der Waals surface area contributed by atoms with Crippen LogP contribution in [0.1, 0.15) is 33.6 Å². The molecule has 7 heteroatoms. The number of allylic oxidation sites excluding steroid dienone is 2. The molecule has 0 spiro atoms. The van der Waals surface area contributed by atoms with E-state index in [-0.39, 0.29) is 17.7 Å². The topological polar surface area (TPSA) is 92.7 Å². The van der Waals surface area contributed by atoms with Gasteiger partial charge in [-0.2, -0.15) is 0 Å². The van der Waals surface area contributed by atoms with Crippen molar-refractivity contribution in [3.63, 3.8) is 0 Å². The Morgan fingerprint density at radius 2 is 1.76 bits per heavy atom. The molecule has 2 bridgehead atoms. The van der Waals surface area contributed by atoms with Crippen molar-refractivity contribution in [3.8, 4) is 0 Å². The summed E-state index contributed by atoms with van der Waals surface area (Å²) in [6, 6.07) is 0. The predicted molar refractivity (Wildman–Crippen MR) is 93.7 cm³/mol. The number of rotatable bonds is 4. The number of hydrogen-bond acceptors (Lipinski definition) is 5. The first-order valence-corrected chi connectivity index (χ1v) is 9.07. The molecule has 6 nitrogen and oxygen atoms in total. The van der Waals surface area contributed by atoms with Crippen molar-refractivity contribution < 1.29 is 24.2 Å². The monoisotopic (exact) mass is 363 g/mol. The highest BCUT2D eigenvalue weighted by Gasteiger charge is 2.48. The van der Waals surface area contributed by atoms with E-state index in [0.29, 0.717) is 10.6 Å². The van der Waals surface area contributed by atoms with Crippen molar-refractivity contribution in [3.05, 3.63) is 28.2 Å². The van der Waals surface area contributed by atoms with E-state index in [1.165, 1.54) is 18.4 Å². The molecule has 3 aliphatic carbocycles. The maximum absolute atomic E-state index is 12.9. The number of nitrogens with one attached hydrogen (secondary N) is 1. The van der Waals surface area contributed by atoms with Crippen LogP contribution in [0, 0.1) is 37.5 Å². The summed E-state index contributed by atoms with van der Waals surface area (Å²) in [5.41, 5.74) is 1.12. The van der Waals surface area contributed by atoms with Crippen LogP contribution in [0.5, 0.6) is 0 Å². The molecule has 1 heterocycles. The molecule has 0 saturated heterocycles. The van der Waals surface area contributed by atoms with Crippen molar-refractivity contribution in [1.29, 1.82) is 0 Å². The van der Waals surface area contributed by atoms with E-state index in [9.17, 15) is 19.5 Å². The van der Waals surface area contributed by atoms with E-state index in [1.807, 2.05) is 19.1 Å². The van der Waals surface area contributed by atoms with Crippen molar-refractivity contribution in [1.82, 2.24) is 0 Å². The lowest BCUT2D eigenvalue weighted by Crippen LogP contribution is -2.47. The molecule has 4 rings (SSSR count). The van der Waals surface area contributed by atoms with Crippen molar-refractivity contribution in [2.24, 2.45) is 23.7 Å². The zero-order chi connectivity index (χ0) is 18.3. The smallest absolute Gasteiger partial charge is 0.341 e. The minimum Gasteiger partial charge on any atom is -0.481 e. The Hall–Kier alpha value is -2.15. The molecule has 3 aliphatic rings. The van der Waals surface area contributed by atoms with Crippen LogP contribution in [0.2, 0.25) is 0 Å². The molecule has 1 saturated carbocycles. The molecule has 0 radical (unpaired) electrons. The highest BCUT2D eigenvalue weighted by Crippen LogP contribution is 2.46. The average Bonchev–Trinajstić information content (AvgIpc) is 2.88. The molecule has 0 aromatic carbocycles. The minimum atomic E-state index is -0.939. The van der Waals surface area contributed by atoms with Crippen LogP contribution in [0.25, 0.3) is 0 Å². The molecular formula is C18H21NO5S. The molecule has 0 unspecified atom stereocenters. The summed E-state index contributed by atoms with van der Waals surface area (Å²) in [7, 11) is 1.30. The SMILES string of the molecule is COC(=O)c1c(NC(=O)[C@H]2[C@@H](C(=O)O)[C@H]3C=C[C@H]2CC3)sc(C)c1C. The fourth-order valence-corrected chi connectivity index (χ4v) is 5.00. The van der Waals surface area contributed by atoms with Gasteiger partial charge in [-0.15, -0.1) is 11.3 Å². The third kappa shape index (κ3) is 2.97. The number of fused-ring (bicyclic) bond motifs is 2. The number of hydrogen-bond donors (Lipinski definition) is 2. The van der Waals surface area contributed by atoms with Gasteiger partial charge in [0.05, 0.1) is 24.5 Å². The number of carboxylic acid groups (broad SMARTS) is 1. The van der Waals surface area contributed by atoms with Crippen LogP contribution in [0.3, 0.4) is 0 Å². The maximum Gasteiger partial charge on any atom is 0.341 e. The standard InChI is InChI=1S/C18H21NO5S/c1-8-9(2)25-16(12(8)18(23)24-3)19-15(20)13-10-4-6-11(7-5-10)14(13)17(21)22/h4,6,10-11,13-14H,5,7H2,1-3H3,(H,19,20)(H,21,22)/t10-,11-,13+,14-/m0/s1. The van der Waals surface area contributed by atoms with Gasteiger partial charge >= 0.3 is 11.9 Å². The van der Waals surface area contributed by atoms with Gasteiger partial charge in [0.15, 0.2) is 0 Å². The van der Waals surface area contributed by atoms with Gasteiger partial charge in [-0.3, -0.25) is 9.59 Å². The number of anilines is 1. The van der Waals surface area contributed by atoms with Gasteiger partial charge in [0.25, 0.3) is 0 Å². The lowest BCUT2D eigenvalue weighted by atomic mass is 9.62. The number of aryl methyl sites for hydroxylation is 1. The van der Waals surface area contributed by atoms with E-state index in [0.717, 1.165) is 23.3 Å². The Kier molecular flexibility index (Phi) is 4.69. The fraction of sp³-hybridized carbons (Fsp3) is 0.500. The second-order valence-corrected chi connectivity index (χ2v) is 7.87. The number of ether oxygens (including phenoxy) is 1. The van der Waals surface area contributed by atoms with Crippen molar-refractivity contribution in [2.75, 3.05) is 12.4 Å². The Labute approximate surface area is 149 Å². The number of thiophene rings is 1. The second-order valence-electron chi connectivity index (χ2n) is 6.65. The summed E-state index contributed by atoms with van der Waals surface area (Å²) in [5.74, 6) is -3.29. The van der Waals surface area contributed by atoms with E-state index in [2.05, 4.69) is 5.32 Å². The molecule has 25 heavy (non-hydrogen) atoms. The zero-order valence-electron chi connectivity index (χ0n) is 14.4. The quantitative estimate of drug-likeness (QED) is 0.634. The largest absolute Gasteiger partial charge is 0.481 e. The van der Waals surface area contributed by atoms with Crippen molar-refractivity contribution >= 4 is 34.2 Å². The highest BCUT2D eigenvalue weighted by atomic mass is 32.1. The van der Waals surface area contributed by atoms with E-state index in [1.54, 1.807) is 6.92 Å². The lowest BCUT2D eigenvalue weighted by Gasteiger charge is -2.41. The molecule has 1 fully saturated rings. The average molecular weight is 363 g/mol. The maximum atomic E-state index is 12.9. The number of carbonyl (C=O) groups is 3. The van der Waals surface area contributed by atoms with Crippen LogP contribution in [-0.2, 0) is 14.3 Å². The van der Waals surface area contributed by atoms with Crippen LogP contribution >= 0.6 is 11.3 Å². The summed E-state index contributed by atoms with van der Waals surface area (Å²) < 4.78 is 4.82. The number of methoxy groups -OCH3 is 1.